The molecule has 0 radical (unpaired) electrons. The summed E-state index contributed by atoms with van der Waals surface area (Å²) in [5.74, 6) is 0.699. The van der Waals surface area contributed by atoms with E-state index < -0.39 is 0 Å². The molecule has 1 N–H and O–H groups in total. The Bertz CT molecular complexity index is 334. The van der Waals surface area contributed by atoms with Crippen molar-refractivity contribution < 1.29 is 0 Å². The Morgan fingerprint density at radius 1 is 1.05 bits per heavy atom. The first-order valence-electron chi connectivity index (χ1n) is 7.53. The molecule has 2 heteroatoms. The van der Waals surface area contributed by atoms with Crippen molar-refractivity contribution >= 4 is 0 Å². The van der Waals surface area contributed by atoms with Gasteiger partial charge in [-0.25, -0.2) is 0 Å². The van der Waals surface area contributed by atoms with Gasteiger partial charge in [-0.3, -0.25) is 4.90 Å². The van der Waals surface area contributed by atoms with Crippen molar-refractivity contribution in [2.45, 2.75) is 46.2 Å². The van der Waals surface area contributed by atoms with Gasteiger partial charge in [0.05, 0.1) is 0 Å². The predicted molar refractivity (Wildman–Crippen MR) is 84.4 cm³/mol. The summed E-state index contributed by atoms with van der Waals surface area (Å²) in [6.07, 6.45) is 1.18. The highest BCUT2D eigenvalue weighted by atomic mass is 15.2. The van der Waals surface area contributed by atoms with Crippen LogP contribution in [0.15, 0.2) is 30.3 Å². The summed E-state index contributed by atoms with van der Waals surface area (Å²) >= 11 is 0. The number of hydrogen-bond donors (Lipinski definition) is 1. The van der Waals surface area contributed by atoms with Gasteiger partial charge in [0.15, 0.2) is 0 Å². The van der Waals surface area contributed by atoms with Crippen LogP contribution in [-0.4, -0.2) is 31.1 Å². The van der Waals surface area contributed by atoms with Gasteiger partial charge in [-0.1, -0.05) is 51.1 Å². The van der Waals surface area contributed by atoms with E-state index >= 15 is 0 Å². The molecule has 1 aromatic rings. The Labute approximate surface area is 119 Å². The zero-order chi connectivity index (χ0) is 14.3. The first-order chi connectivity index (χ1) is 9.06. The summed E-state index contributed by atoms with van der Waals surface area (Å²) in [4.78, 5) is 2.49. The minimum atomic E-state index is 0.454. The van der Waals surface area contributed by atoms with Crippen LogP contribution in [0.25, 0.3) is 0 Å². The molecule has 0 fully saturated rings. The van der Waals surface area contributed by atoms with Crippen LogP contribution in [0, 0.1) is 5.92 Å². The topological polar surface area (TPSA) is 15.3 Å². The maximum absolute atomic E-state index is 3.60. The zero-order valence-electron chi connectivity index (χ0n) is 13.2. The normalized spacial score (nSPS) is 14.9. The molecule has 0 heterocycles. The molecule has 2 nitrogen and oxygen atoms in total. The third kappa shape index (κ3) is 5.33. The zero-order valence-corrected chi connectivity index (χ0v) is 13.2. The predicted octanol–water partition coefficient (Wildman–Crippen LogP) is 3.70. The summed E-state index contributed by atoms with van der Waals surface area (Å²) in [5.41, 5.74) is 1.40. The number of nitrogens with one attached hydrogen (secondary N) is 1. The Kier molecular flexibility index (Phi) is 7.11. The van der Waals surface area contributed by atoms with Gasteiger partial charge in [0.2, 0.25) is 0 Å². The quantitative estimate of drug-likeness (QED) is 0.768. The van der Waals surface area contributed by atoms with E-state index in [9.17, 15) is 0 Å². The van der Waals surface area contributed by atoms with Gasteiger partial charge in [-0.15, -0.1) is 0 Å². The fraction of sp³-hybridized carbons (Fsp3) is 0.647. The van der Waals surface area contributed by atoms with Gasteiger partial charge in [0.25, 0.3) is 0 Å². The number of benzene rings is 1. The van der Waals surface area contributed by atoms with Gasteiger partial charge in [-0.2, -0.15) is 0 Å². The number of likely N-dealkylation sites (N-methyl/N-ethyl adjacent to an activating group) is 1. The lowest BCUT2D eigenvalue weighted by atomic mass is 10.0. The second kappa shape index (κ2) is 8.34. The Morgan fingerprint density at radius 3 is 2.21 bits per heavy atom. The molecule has 19 heavy (non-hydrogen) atoms. The van der Waals surface area contributed by atoms with Gasteiger partial charge in [-0.05, 0) is 38.4 Å². The second-order valence-corrected chi connectivity index (χ2v) is 5.90. The highest BCUT2D eigenvalue weighted by molar-refractivity contribution is 5.19. The maximum Gasteiger partial charge on any atom is 0.0472 e. The Morgan fingerprint density at radius 2 is 1.68 bits per heavy atom. The van der Waals surface area contributed by atoms with Crippen molar-refractivity contribution in [3.8, 4) is 0 Å². The highest BCUT2D eigenvalue weighted by Gasteiger charge is 2.20. The molecule has 1 aromatic carbocycles. The van der Waals surface area contributed by atoms with E-state index in [1.165, 1.54) is 12.0 Å². The molecule has 2 atom stereocenters. The standard InChI is InChI=1S/C17H30N2/c1-6-15(4)19(5)17(13-18-12-14(2)3)16-10-8-7-9-11-16/h7-11,14-15,17-18H,6,12-13H2,1-5H3. The lowest BCUT2D eigenvalue weighted by molar-refractivity contribution is 0.175. The van der Waals surface area contributed by atoms with E-state index in [4.69, 9.17) is 0 Å². The van der Waals surface area contributed by atoms with E-state index in [1.54, 1.807) is 0 Å². The van der Waals surface area contributed by atoms with Crippen molar-refractivity contribution in [3.63, 3.8) is 0 Å². The highest BCUT2D eigenvalue weighted by Crippen LogP contribution is 2.21. The van der Waals surface area contributed by atoms with E-state index in [0.717, 1.165) is 13.1 Å². The molecule has 108 valence electrons. The van der Waals surface area contributed by atoms with E-state index in [0.29, 0.717) is 18.0 Å². The van der Waals surface area contributed by atoms with Crippen molar-refractivity contribution in [2.24, 2.45) is 5.92 Å². The van der Waals surface area contributed by atoms with E-state index in [2.05, 4.69) is 75.3 Å². The average molecular weight is 262 g/mol. The summed E-state index contributed by atoms with van der Waals surface area (Å²) < 4.78 is 0. The van der Waals surface area contributed by atoms with Crippen LogP contribution in [0.3, 0.4) is 0 Å². The molecule has 0 saturated heterocycles. The van der Waals surface area contributed by atoms with Crippen LogP contribution in [0.1, 0.15) is 45.7 Å². The minimum absolute atomic E-state index is 0.454. The van der Waals surface area contributed by atoms with Gasteiger partial charge < -0.3 is 5.32 Å². The molecular weight excluding hydrogens is 232 g/mol. The SMILES string of the molecule is CCC(C)N(C)C(CNCC(C)C)c1ccccc1. The first-order valence-corrected chi connectivity index (χ1v) is 7.53. The third-order valence-corrected chi connectivity index (χ3v) is 3.85. The molecule has 0 aliphatic heterocycles. The minimum Gasteiger partial charge on any atom is -0.315 e. The molecule has 2 unspecified atom stereocenters. The van der Waals surface area contributed by atoms with Crippen molar-refractivity contribution in [1.29, 1.82) is 0 Å². The van der Waals surface area contributed by atoms with Gasteiger partial charge in [0.1, 0.15) is 0 Å². The molecule has 0 aliphatic carbocycles. The molecule has 0 amide bonds. The summed E-state index contributed by atoms with van der Waals surface area (Å²) in [6.45, 7) is 11.2. The molecule has 1 rings (SSSR count). The molecule has 0 spiro atoms. The van der Waals surface area contributed by atoms with Gasteiger partial charge in [0, 0.05) is 18.6 Å². The lowest BCUT2D eigenvalue weighted by Gasteiger charge is -2.33. The first kappa shape index (κ1) is 16.2. The van der Waals surface area contributed by atoms with Crippen LogP contribution in [-0.2, 0) is 0 Å². The van der Waals surface area contributed by atoms with Crippen LogP contribution < -0.4 is 5.32 Å². The second-order valence-electron chi connectivity index (χ2n) is 5.90. The number of nitrogens with zero attached hydrogens (tertiary/aromatic N) is 1. The summed E-state index contributed by atoms with van der Waals surface area (Å²) in [6, 6.07) is 11.9. The van der Waals surface area contributed by atoms with Gasteiger partial charge >= 0.3 is 0 Å². The molecule has 0 saturated carbocycles. The Hall–Kier alpha value is -0.860. The molecule has 0 aromatic heterocycles. The monoisotopic (exact) mass is 262 g/mol. The van der Waals surface area contributed by atoms with Crippen molar-refractivity contribution in [3.05, 3.63) is 35.9 Å². The average Bonchev–Trinajstić information content (AvgIpc) is 2.42. The molecular formula is C17H30N2. The maximum atomic E-state index is 3.60. The smallest absolute Gasteiger partial charge is 0.0472 e. The number of hydrogen-bond acceptors (Lipinski definition) is 2. The number of rotatable bonds is 8. The molecule has 0 bridgehead atoms. The largest absolute Gasteiger partial charge is 0.315 e. The van der Waals surface area contributed by atoms with E-state index in [-0.39, 0.29) is 0 Å². The fourth-order valence-corrected chi connectivity index (χ4v) is 2.28. The summed E-state index contributed by atoms with van der Waals surface area (Å²) in [5, 5.41) is 3.60. The van der Waals surface area contributed by atoms with Crippen LogP contribution in [0.4, 0.5) is 0 Å². The third-order valence-electron chi connectivity index (χ3n) is 3.85. The fourth-order valence-electron chi connectivity index (χ4n) is 2.28. The van der Waals surface area contributed by atoms with Crippen LogP contribution in [0.5, 0.6) is 0 Å². The lowest BCUT2D eigenvalue weighted by Crippen LogP contribution is -2.39. The van der Waals surface area contributed by atoms with E-state index in [1.807, 2.05) is 0 Å². The van der Waals surface area contributed by atoms with Crippen molar-refractivity contribution in [2.75, 3.05) is 20.1 Å². The molecule has 0 aliphatic rings. The van der Waals surface area contributed by atoms with Crippen molar-refractivity contribution in [1.82, 2.24) is 10.2 Å². The van der Waals surface area contributed by atoms with Crippen LogP contribution in [0.2, 0.25) is 0 Å². The van der Waals surface area contributed by atoms with Crippen LogP contribution >= 0.6 is 0 Å². The Balaban J connectivity index is 2.73. The summed E-state index contributed by atoms with van der Waals surface area (Å²) in [7, 11) is 2.24.